The highest BCUT2D eigenvalue weighted by atomic mass is 32.1. The summed E-state index contributed by atoms with van der Waals surface area (Å²) >= 11 is 1.66. The van der Waals surface area contributed by atoms with Crippen LogP contribution in [0.1, 0.15) is 6.85 Å². The van der Waals surface area contributed by atoms with E-state index in [-0.39, 0.29) is 23.5 Å². The molecule has 0 saturated carbocycles. The lowest BCUT2D eigenvalue weighted by atomic mass is 9.99. The first-order chi connectivity index (χ1) is 31.8. The molecule has 0 unspecified atom stereocenters. The number of hydrogen-bond donors (Lipinski definition) is 0. The van der Waals surface area contributed by atoms with Gasteiger partial charge in [0.2, 0.25) is 0 Å². The van der Waals surface area contributed by atoms with Gasteiger partial charge in [0, 0.05) is 53.3 Å². The Morgan fingerprint density at radius 1 is 0.400 bits per heavy atom. The van der Waals surface area contributed by atoms with Crippen LogP contribution >= 0.6 is 11.3 Å². The first kappa shape index (κ1) is 29.5. The van der Waals surface area contributed by atoms with E-state index < -0.39 is 18.1 Å². The lowest BCUT2D eigenvalue weighted by Gasteiger charge is -2.13. The van der Waals surface area contributed by atoms with Crippen LogP contribution in [-0.2, 0) is 0 Å². The molecule has 0 atom stereocenters. The second-order valence-corrected chi connectivity index (χ2v) is 15.9. The molecule has 5 heteroatoms. The smallest absolute Gasteiger partial charge is 0.165 e. The molecule has 0 spiro atoms. The molecule has 0 amide bonds. The van der Waals surface area contributed by atoms with Crippen molar-refractivity contribution < 1.29 is 6.85 Å². The predicted molar refractivity (Wildman–Crippen MR) is 252 cm³/mol. The van der Waals surface area contributed by atoms with E-state index in [1.165, 1.54) is 5.56 Å². The minimum atomic E-state index is -0.482. The van der Waals surface area contributed by atoms with Crippen LogP contribution in [0.3, 0.4) is 0 Å². The molecule has 3 heterocycles. The van der Waals surface area contributed by atoms with E-state index in [0.717, 1.165) is 86.3 Å². The molecule has 0 aliphatic carbocycles. The van der Waals surface area contributed by atoms with Crippen molar-refractivity contribution in [3.8, 4) is 62.1 Å². The molecule has 0 aliphatic heterocycles. The third kappa shape index (κ3) is 5.70. The zero-order valence-electron chi connectivity index (χ0n) is 36.9. The molecular formula is C55H34N4S. The summed E-state index contributed by atoms with van der Waals surface area (Å²) in [6.07, 6.45) is 0. The number of para-hydroxylation sites is 2. The van der Waals surface area contributed by atoms with E-state index in [9.17, 15) is 0 Å². The topological polar surface area (TPSA) is 43.6 Å². The highest BCUT2D eigenvalue weighted by Gasteiger charge is 2.21. The highest BCUT2D eigenvalue weighted by Crippen LogP contribution is 2.44. The van der Waals surface area contributed by atoms with Crippen molar-refractivity contribution in [2.75, 3.05) is 0 Å². The van der Waals surface area contributed by atoms with Gasteiger partial charge in [-0.15, -0.1) is 11.3 Å². The minimum Gasteiger partial charge on any atom is -0.309 e. The number of aromatic nitrogens is 4. The molecule has 9 aromatic carbocycles. The van der Waals surface area contributed by atoms with Crippen LogP contribution in [0.2, 0.25) is 0 Å². The molecule has 0 fully saturated rings. The molecule has 0 saturated heterocycles. The van der Waals surface area contributed by atoms with Crippen molar-refractivity contribution >= 4 is 64.1 Å². The quantitative estimate of drug-likeness (QED) is 0.169. The van der Waals surface area contributed by atoms with E-state index >= 15 is 0 Å². The third-order valence-electron chi connectivity index (χ3n) is 11.4. The van der Waals surface area contributed by atoms with Crippen LogP contribution in [0.5, 0.6) is 0 Å². The Balaban J connectivity index is 1.15. The first-order valence-electron chi connectivity index (χ1n) is 22.3. The summed E-state index contributed by atoms with van der Waals surface area (Å²) in [5.74, 6) is 0.639. The summed E-state index contributed by atoms with van der Waals surface area (Å²) in [7, 11) is 0. The van der Waals surface area contributed by atoms with Crippen LogP contribution < -0.4 is 0 Å². The van der Waals surface area contributed by atoms with Gasteiger partial charge in [0.1, 0.15) is 0 Å². The second-order valence-electron chi connectivity index (χ2n) is 14.8. The molecule has 0 N–H and O–H groups in total. The van der Waals surface area contributed by atoms with E-state index in [4.69, 9.17) is 21.8 Å². The molecule has 12 aromatic rings. The Hall–Kier alpha value is -7.73. The van der Waals surface area contributed by atoms with E-state index in [1.807, 2.05) is 48.5 Å². The fraction of sp³-hybridized carbons (Fsp3) is 0. The van der Waals surface area contributed by atoms with Crippen LogP contribution in [0.4, 0.5) is 0 Å². The normalized spacial score (nSPS) is 12.8. The SMILES string of the molecule is [2H]c1c([2H])c([2H])c(-c2nc(-c3cccc4ccccc34)nc(-c3cc(-n4c5ccccc5c5ccccc54)cc4c3sc3cc(-c5ccc(-c6ccccc6)cc5)ccc34)n2)c([2H])c1[2H]. The standard InChI is InChI=1S/C55H34N4S/c1-3-14-35(15-4-1)36-26-28-37(29-27-36)40-30-31-45-47-33-41(59-49-24-11-9-21-43(49)44-22-10-12-25-50(44)59)34-48(52(47)60-51(45)32-40)55-57-53(39-17-5-2-6-18-39)56-54(58-55)46-23-13-19-38-16-7-8-20-42(38)46/h1-34H/i2D,5D,6D,17D,18D. The van der Waals surface area contributed by atoms with Gasteiger partial charge in [-0.05, 0) is 63.4 Å². The van der Waals surface area contributed by atoms with Gasteiger partial charge in [-0.1, -0.05) is 176 Å². The first-order valence-corrected chi connectivity index (χ1v) is 20.6. The number of nitrogens with zero attached hydrogens (tertiary/aromatic N) is 4. The fourth-order valence-corrected chi connectivity index (χ4v) is 9.77. The Morgan fingerprint density at radius 3 is 1.73 bits per heavy atom. The lowest BCUT2D eigenvalue weighted by Crippen LogP contribution is -2.01. The van der Waals surface area contributed by atoms with Crippen LogP contribution in [0.25, 0.3) is 115 Å². The van der Waals surface area contributed by atoms with Crippen LogP contribution in [0.15, 0.2) is 206 Å². The number of rotatable bonds is 6. The van der Waals surface area contributed by atoms with Gasteiger partial charge in [0.25, 0.3) is 0 Å². The summed E-state index contributed by atoms with van der Waals surface area (Å²) in [6, 6.07) is 58.6. The predicted octanol–water partition coefficient (Wildman–Crippen LogP) is 14.8. The molecular weight excluding hydrogens is 749 g/mol. The minimum absolute atomic E-state index is 0.00676. The van der Waals surface area contributed by atoms with Gasteiger partial charge in [0.05, 0.1) is 17.9 Å². The van der Waals surface area contributed by atoms with Crippen LogP contribution in [-0.4, -0.2) is 19.5 Å². The maximum absolute atomic E-state index is 9.01. The van der Waals surface area contributed by atoms with Gasteiger partial charge in [-0.2, -0.15) is 0 Å². The molecule has 0 bridgehead atoms. The average molecular weight is 788 g/mol. The van der Waals surface area contributed by atoms with Crippen molar-refractivity contribution in [2.45, 2.75) is 0 Å². The van der Waals surface area contributed by atoms with Crippen molar-refractivity contribution in [3.05, 3.63) is 206 Å². The number of hydrogen-bond acceptors (Lipinski definition) is 4. The highest BCUT2D eigenvalue weighted by molar-refractivity contribution is 7.26. The zero-order valence-corrected chi connectivity index (χ0v) is 32.8. The van der Waals surface area contributed by atoms with Crippen molar-refractivity contribution in [2.24, 2.45) is 0 Å². The average Bonchev–Trinajstić information content (AvgIpc) is 3.90. The molecule has 0 aliphatic rings. The Labute approximate surface area is 357 Å². The van der Waals surface area contributed by atoms with Gasteiger partial charge >= 0.3 is 0 Å². The molecule has 12 rings (SSSR count). The molecule has 60 heavy (non-hydrogen) atoms. The van der Waals surface area contributed by atoms with E-state index in [1.54, 1.807) is 11.3 Å². The van der Waals surface area contributed by atoms with Crippen LogP contribution in [0, 0.1) is 0 Å². The maximum atomic E-state index is 9.01. The van der Waals surface area contributed by atoms with E-state index in [2.05, 4.69) is 132 Å². The van der Waals surface area contributed by atoms with Gasteiger partial charge in [0.15, 0.2) is 17.5 Å². The zero-order chi connectivity index (χ0) is 43.9. The Bertz CT molecular complexity index is 3810. The van der Waals surface area contributed by atoms with Gasteiger partial charge in [-0.25, -0.2) is 15.0 Å². The third-order valence-corrected chi connectivity index (χ3v) is 12.6. The maximum Gasteiger partial charge on any atom is 0.165 e. The van der Waals surface area contributed by atoms with Crippen molar-refractivity contribution in [1.82, 2.24) is 19.5 Å². The second kappa shape index (κ2) is 14.0. The molecule has 3 aromatic heterocycles. The number of thiophene rings is 1. The van der Waals surface area contributed by atoms with Gasteiger partial charge in [-0.3, -0.25) is 0 Å². The van der Waals surface area contributed by atoms with Crippen molar-refractivity contribution in [1.29, 1.82) is 0 Å². The van der Waals surface area contributed by atoms with Crippen molar-refractivity contribution in [3.63, 3.8) is 0 Å². The summed E-state index contributed by atoms with van der Waals surface area (Å²) in [6.45, 7) is 0. The number of fused-ring (bicyclic) bond motifs is 7. The lowest BCUT2D eigenvalue weighted by molar-refractivity contribution is 1.08. The summed E-state index contributed by atoms with van der Waals surface area (Å²) < 4.78 is 47.9. The summed E-state index contributed by atoms with van der Waals surface area (Å²) in [4.78, 5) is 15.3. The fourth-order valence-electron chi connectivity index (χ4n) is 8.53. The number of benzene rings is 9. The largest absolute Gasteiger partial charge is 0.309 e. The Morgan fingerprint density at radius 2 is 0.983 bits per heavy atom. The van der Waals surface area contributed by atoms with E-state index in [0.29, 0.717) is 11.6 Å². The molecule has 0 radical (unpaired) electrons. The molecule has 4 nitrogen and oxygen atoms in total. The summed E-state index contributed by atoms with van der Waals surface area (Å²) in [5, 5.41) is 6.25. The summed E-state index contributed by atoms with van der Waals surface area (Å²) in [5.41, 5.74) is 8.90. The molecule has 280 valence electrons. The van der Waals surface area contributed by atoms with Gasteiger partial charge < -0.3 is 4.57 Å². The Kier molecular flexibility index (Phi) is 6.87. The monoisotopic (exact) mass is 787 g/mol.